The maximum Gasteiger partial charge on any atom is 0.349 e. The normalized spacial score (nSPS) is 10.6. The van der Waals surface area contributed by atoms with Gasteiger partial charge in [0, 0.05) is 14.9 Å². The van der Waals surface area contributed by atoms with Gasteiger partial charge in [0.15, 0.2) is 4.88 Å². The summed E-state index contributed by atoms with van der Waals surface area (Å²) in [6.45, 7) is 2.02. The summed E-state index contributed by atoms with van der Waals surface area (Å²) in [6, 6.07) is 6.30. The molecule has 1 N–H and O–H groups in total. The predicted octanol–water partition coefficient (Wildman–Crippen LogP) is 4.88. The van der Waals surface area contributed by atoms with Crippen LogP contribution in [-0.4, -0.2) is 11.1 Å². The van der Waals surface area contributed by atoms with E-state index in [0.717, 1.165) is 22.2 Å². The second-order valence-electron chi connectivity index (χ2n) is 4.49. The summed E-state index contributed by atoms with van der Waals surface area (Å²) >= 11 is 4.48. The van der Waals surface area contributed by atoms with E-state index >= 15 is 0 Å². The Morgan fingerprint density at radius 1 is 1.43 bits per heavy atom. The lowest BCUT2D eigenvalue weighted by atomic mass is 10.2. The Labute approximate surface area is 134 Å². The Morgan fingerprint density at radius 3 is 2.86 bits per heavy atom. The number of benzene rings is 1. The number of aryl methyl sites for hydroxylation is 1. The zero-order valence-corrected chi connectivity index (χ0v) is 13.8. The van der Waals surface area contributed by atoms with Crippen LogP contribution in [0.2, 0.25) is 0 Å². The van der Waals surface area contributed by atoms with Gasteiger partial charge in [-0.2, -0.15) is 0 Å². The van der Waals surface area contributed by atoms with E-state index in [9.17, 15) is 14.3 Å². The van der Waals surface area contributed by atoms with E-state index in [-0.39, 0.29) is 17.3 Å². The molecule has 3 nitrogen and oxygen atoms in total. The molecule has 1 aromatic carbocycles. The van der Waals surface area contributed by atoms with Crippen molar-refractivity contribution in [2.24, 2.45) is 0 Å². The van der Waals surface area contributed by atoms with Crippen molar-refractivity contribution in [3.8, 4) is 5.75 Å². The van der Waals surface area contributed by atoms with E-state index in [4.69, 9.17) is 4.74 Å². The van der Waals surface area contributed by atoms with Gasteiger partial charge in [-0.1, -0.05) is 29.3 Å². The number of carbonyl (C=O) groups is 1. The molecule has 0 unspecified atom stereocenters. The molecule has 0 bridgehead atoms. The molecule has 2 aromatic rings. The summed E-state index contributed by atoms with van der Waals surface area (Å²) in [5, 5.41) is 9.19. The van der Waals surface area contributed by atoms with E-state index in [1.807, 2.05) is 6.92 Å². The van der Waals surface area contributed by atoms with Crippen LogP contribution in [0, 0.1) is 5.82 Å². The number of rotatable bonds is 6. The number of halogens is 2. The van der Waals surface area contributed by atoms with Crippen LogP contribution >= 0.6 is 27.3 Å². The molecule has 1 aromatic heterocycles. The molecule has 0 aliphatic carbocycles. The van der Waals surface area contributed by atoms with E-state index in [0.29, 0.717) is 11.3 Å². The van der Waals surface area contributed by atoms with Gasteiger partial charge in [0.1, 0.15) is 18.2 Å². The van der Waals surface area contributed by atoms with Crippen molar-refractivity contribution >= 4 is 33.2 Å². The van der Waals surface area contributed by atoms with Crippen molar-refractivity contribution in [1.29, 1.82) is 0 Å². The minimum absolute atomic E-state index is 0.00610. The van der Waals surface area contributed by atoms with Crippen LogP contribution in [0.4, 0.5) is 4.39 Å². The summed E-state index contributed by atoms with van der Waals surface area (Å²) in [4.78, 5) is 12.3. The van der Waals surface area contributed by atoms with E-state index in [1.54, 1.807) is 18.2 Å². The SMILES string of the molecule is CCCc1cc(OCc2cc(Br)ccc2F)c(C(=O)O)s1. The summed E-state index contributed by atoms with van der Waals surface area (Å²) in [6.07, 6.45) is 1.73. The minimum Gasteiger partial charge on any atom is -0.487 e. The van der Waals surface area contributed by atoms with Gasteiger partial charge in [-0.05, 0) is 30.7 Å². The smallest absolute Gasteiger partial charge is 0.349 e. The predicted molar refractivity (Wildman–Crippen MR) is 83.7 cm³/mol. The minimum atomic E-state index is -1.02. The molecule has 0 fully saturated rings. The number of aromatic carboxylic acids is 1. The second kappa shape index (κ2) is 7.04. The average Bonchev–Trinajstić information content (AvgIpc) is 2.83. The monoisotopic (exact) mass is 372 g/mol. The fourth-order valence-corrected chi connectivity index (χ4v) is 3.31. The van der Waals surface area contributed by atoms with Crippen molar-refractivity contribution < 1.29 is 19.0 Å². The van der Waals surface area contributed by atoms with Gasteiger partial charge in [-0.3, -0.25) is 0 Å². The van der Waals surface area contributed by atoms with Crippen LogP contribution in [0.5, 0.6) is 5.75 Å². The molecule has 0 atom stereocenters. The Balaban J connectivity index is 2.18. The van der Waals surface area contributed by atoms with E-state index < -0.39 is 5.97 Å². The third kappa shape index (κ3) is 4.04. The average molecular weight is 373 g/mol. The van der Waals surface area contributed by atoms with Gasteiger partial charge in [-0.25, -0.2) is 9.18 Å². The highest BCUT2D eigenvalue weighted by Gasteiger charge is 2.17. The van der Waals surface area contributed by atoms with Crippen LogP contribution < -0.4 is 4.74 Å². The van der Waals surface area contributed by atoms with Crippen LogP contribution in [0.3, 0.4) is 0 Å². The van der Waals surface area contributed by atoms with Gasteiger partial charge in [0.2, 0.25) is 0 Å². The molecule has 1 heterocycles. The molecule has 0 aliphatic heterocycles. The van der Waals surface area contributed by atoms with Gasteiger partial charge in [-0.15, -0.1) is 11.3 Å². The van der Waals surface area contributed by atoms with Crippen molar-refractivity contribution in [3.05, 3.63) is 49.9 Å². The summed E-state index contributed by atoms with van der Waals surface area (Å²) in [5.41, 5.74) is 0.379. The maximum atomic E-state index is 13.6. The van der Waals surface area contributed by atoms with Crippen LogP contribution in [0.1, 0.15) is 33.5 Å². The number of carboxylic acids is 1. The van der Waals surface area contributed by atoms with Gasteiger partial charge in [0.25, 0.3) is 0 Å². The quantitative estimate of drug-likeness (QED) is 0.785. The number of thiophene rings is 1. The highest BCUT2D eigenvalue weighted by Crippen LogP contribution is 2.31. The van der Waals surface area contributed by atoms with Crippen LogP contribution in [0.15, 0.2) is 28.7 Å². The van der Waals surface area contributed by atoms with Crippen molar-refractivity contribution in [1.82, 2.24) is 0 Å². The summed E-state index contributed by atoms with van der Waals surface area (Å²) in [7, 11) is 0. The molecule has 0 saturated carbocycles. The van der Waals surface area contributed by atoms with Gasteiger partial charge in [0.05, 0.1) is 0 Å². The second-order valence-corrected chi connectivity index (χ2v) is 6.54. The lowest BCUT2D eigenvalue weighted by Crippen LogP contribution is -2.01. The molecule has 21 heavy (non-hydrogen) atoms. The topological polar surface area (TPSA) is 46.5 Å². The third-order valence-corrected chi connectivity index (χ3v) is 4.49. The number of hydrogen-bond donors (Lipinski definition) is 1. The molecule has 0 saturated heterocycles. The van der Waals surface area contributed by atoms with Gasteiger partial charge >= 0.3 is 5.97 Å². The Kier molecular flexibility index (Phi) is 5.36. The lowest BCUT2D eigenvalue weighted by molar-refractivity contribution is 0.0697. The van der Waals surface area contributed by atoms with Crippen LogP contribution in [-0.2, 0) is 13.0 Å². The Bertz CT molecular complexity index is 654. The highest BCUT2D eigenvalue weighted by atomic mass is 79.9. The number of carboxylic acid groups (broad SMARTS) is 1. The number of ether oxygens (including phenoxy) is 1. The first-order chi connectivity index (χ1) is 10.0. The highest BCUT2D eigenvalue weighted by molar-refractivity contribution is 9.10. The fraction of sp³-hybridized carbons (Fsp3) is 0.267. The molecule has 0 aliphatic rings. The van der Waals surface area contributed by atoms with Crippen molar-refractivity contribution in [2.75, 3.05) is 0 Å². The largest absolute Gasteiger partial charge is 0.487 e. The first kappa shape index (κ1) is 16.0. The summed E-state index contributed by atoms with van der Waals surface area (Å²) in [5.74, 6) is -1.10. The zero-order valence-electron chi connectivity index (χ0n) is 11.4. The maximum absolute atomic E-state index is 13.6. The molecule has 0 amide bonds. The molecule has 112 valence electrons. The molecular formula is C15H14BrFO3S. The molecule has 0 spiro atoms. The first-order valence-corrected chi connectivity index (χ1v) is 8.05. The van der Waals surface area contributed by atoms with Gasteiger partial charge < -0.3 is 9.84 Å². The van der Waals surface area contributed by atoms with E-state index in [1.165, 1.54) is 17.4 Å². The standard InChI is InChI=1S/C15H14BrFO3S/c1-2-3-11-7-13(14(21-11)15(18)19)20-8-9-6-10(16)4-5-12(9)17/h4-7H,2-3,8H2,1H3,(H,18,19). The Hall–Kier alpha value is -1.40. The molecule has 0 radical (unpaired) electrons. The molecule has 2 rings (SSSR count). The molecular weight excluding hydrogens is 359 g/mol. The summed E-state index contributed by atoms with van der Waals surface area (Å²) < 4.78 is 19.9. The van der Waals surface area contributed by atoms with Crippen molar-refractivity contribution in [3.63, 3.8) is 0 Å². The fourth-order valence-electron chi connectivity index (χ4n) is 1.86. The number of hydrogen-bond acceptors (Lipinski definition) is 3. The third-order valence-electron chi connectivity index (χ3n) is 2.83. The van der Waals surface area contributed by atoms with E-state index in [2.05, 4.69) is 15.9 Å². The van der Waals surface area contributed by atoms with Crippen LogP contribution in [0.25, 0.3) is 0 Å². The molecule has 6 heteroatoms. The van der Waals surface area contributed by atoms with Crippen molar-refractivity contribution in [2.45, 2.75) is 26.4 Å². The first-order valence-electron chi connectivity index (χ1n) is 6.44. The Morgan fingerprint density at radius 2 is 2.19 bits per heavy atom. The zero-order chi connectivity index (χ0) is 15.4. The lowest BCUT2D eigenvalue weighted by Gasteiger charge is -2.07.